The van der Waals surface area contributed by atoms with Gasteiger partial charge >= 0.3 is 5.97 Å². The third kappa shape index (κ3) is 37.7. The van der Waals surface area contributed by atoms with Crippen molar-refractivity contribution in [3.63, 3.8) is 0 Å². The number of rotatable bonds is 10. The number of nitrogens with zero attached hydrogens (tertiary/aromatic N) is 2. The summed E-state index contributed by atoms with van der Waals surface area (Å²) >= 11 is 0. The van der Waals surface area contributed by atoms with Crippen LogP contribution in [-0.4, -0.2) is 62.2 Å². The van der Waals surface area contributed by atoms with Crippen molar-refractivity contribution in [2.24, 2.45) is 0 Å². The molecule has 0 aromatic heterocycles. The van der Waals surface area contributed by atoms with Gasteiger partial charge in [0, 0.05) is 5.57 Å². The number of aliphatic carboxylic acids is 1. The summed E-state index contributed by atoms with van der Waals surface area (Å²) in [5.74, 6) is -0.872. The van der Waals surface area contributed by atoms with Gasteiger partial charge in [-0.05, 0) is 67.0 Å². The first-order valence-corrected chi connectivity index (χ1v) is 8.93. The van der Waals surface area contributed by atoms with E-state index in [4.69, 9.17) is 5.11 Å². The van der Waals surface area contributed by atoms with Crippen LogP contribution in [-0.2, 0) is 4.79 Å². The van der Waals surface area contributed by atoms with Gasteiger partial charge < -0.3 is 14.9 Å². The van der Waals surface area contributed by atoms with Gasteiger partial charge in [0.25, 0.3) is 0 Å². The maximum Gasteiger partial charge on any atom is 0.330 e. The molecule has 1 N–H and O–H groups in total. The standard InChI is InChI=1S/C7H12O2.2C6H15N.BrH/c1-3-4-5-6(2)7(8)9;2*1-4-5-6-7(2)3;/h2-5H2,1H3,(H,8,9);2*4-6H2,1-3H3;1H. The molecule has 0 aliphatic rings. The number of halogens is 1. The van der Waals surface area contributed by atoms with Gasteiger partial charge in [0.05, 0.1) is 0 Å². The average Bonchev–Trinajstić information content (AvgIpc) is 2.49. The molecule has 148 valence electrons. The van der Waals surface area contributed by atoms with E-state index in [0.29, 0.717) is 12.0 Å². The Kier molecular flexibility index (Phi) is 32.5. The van der Waals surface area contributed by atoms with Crippen molar-refractivity contribution in [3.05, 3.63) is 12.2 Å². The summed E-state index contributed by atoms with van der Waals surface area (Å²) in [5, 5.41) is 8.31. The lowest BCUT2D eigenvalue weighted by Crippen LogP contribution is -2.12. The van der Waals surface area contributed by atoms with Crippen LogP contribution >= 0.6 is 17.0 Å². The Bertz CT molecular complexity index is 258. The van der Waals surface area contributed by atoms with Crippen LogP contribution < -0.4 is 0 Å². The average molecular weight is 411 g/mol. The van der Waals surface area contributed by atoms with Gasteiger partial charge in [-0.3, -0.25) is 0 Å². The van der Waals surface area contributed by atoms with Crippen LogP contribution in [0.3, 0.4) is 0 Å². The monoisotopic (exact) mass is 410 g/mol. The molecular weight excluding hydrogens is 368 g/mol. The van der Waals surface area contributed by atoms with Crippen LogP contribution in [0.2, 0.25) is 0 Å². The smallest absolute Gasteiger partial charge is 0.330 e. The molecule has 0 rings (SSSR count). The van der Waals surface area contributed by atoms with Crippen molar-refractivity contribution < 1.29 is 9.90 Å². The van der Waals surface area contributed by atoms with Gasteiger partial charge in [0.1, 0.15) is 0 Å². The number of hydrogen-bond acceptors (Lipinski definition) is 3. The second-order valence-electron chi connectivity index (χ2n) is 6.33. The van der Waals surface area contributed by atoms with E-state index in [9.17, 15) is 4.79 Å². The van der Waals surface area contributed by atoms with Crippen molar-refractivity contribution in [2.45, 2.75) is 65.7 Å². The number of unbranched alkanes of at least 4 members (excludes halogenated alkanes) is 3. The van der Waals surface area contributed by atoms with Crippen molar-refractivity contribution in [1.29, 1.82) is 0 Å². The van der Waals surface area contributed by atoms with Crippen LogP contribution in [0.5, 0.6) is 0 Å². The van der Waals surface area contributed by atoms with Gasteiger partial charge in [0.15, 0.2) is 0 Å². The summed E-state index contributed by atoms with van der Waals surface area (Å²) in [5.41, 5.74) is 0.317. The SMILES string of the molecule is Br.C=C(CCCC)C(=O)O.CCCCN(C)C.CCCCN(C)C. The maximum atomic E-state index is 10.1. The number of hydrogen-bond donors (Lipinski definition) is 1. The van der Waals surface area contributed by atoms with E-state index >= 15 is 0 Å². The van der Waals surface area contributed by atoms with Crippen molar-refractivity contribution in [3.8, 4) is 0 Å². The van der Waals surface area contributed by atoms with Crippen LogP contribution in [0.15, 0.2) is 12.2 Å². The molecule has 0 aromatic carbocycles. The zero-order valence-corrected chi connectivity index (χ0v) is 18.9. The third-order valence-electron chi connectivity index (χ3n) is 3.05. The quantitative estimate of drug-likeness (QED) is 0.509. The van der Waals surface area contributed by atoms with Gasteiger partial charge in [0.2, 0.25) is 0 Å². The molecule has 0 heterocycles. The molecule has 0 saturated heterocycles. The Labute approximate surface area is 162 Å². The highest BCUT2D eigenvalue weighted by atomic mass is 79.9. The highest BCUT2D eigenvalue weighted by Crippen LogP contribution is 2.03. The highest BCUT2D eigenvalue weighted by molar-refractivity contribution is 8.93. The summed E-state index contributed by atoms with van der Waals surface area (Å²) in [7, 11) is 8.43. The fraction of sp³-hybridized carbons (Fsp3) is 0.842. The largest absolute Gasteiger partial charge is 0.478 e. The fourth-order valence-corrected chi connectivity index (χ4v) is 1.45. The lowest BCUT2D eigenvalue weighted by molar-refractivity contribution is -0.132. The van der Waals surface area contributed by atoms with Gasteiger partial charge in [-0.2, -0.15) is 0 Å². The number of carboxylic acids is 1. The predicted molar refractivity (Wildman–Crippen MR) is 114 cm³/mol. The summed E-state index contributed by atoms with van der Waals surface area (Å²) < 4.78 is 0. The Balaban J connectivity index is -0.000000124. The molecule has 0 aliphatic heterocycles. The van der Waals surface area contributed by atoms with Crippen LogP contribution in [0.4, 0.5) is 0 Å². The zero-order valence-electron chi connectivity index (χ0n) is 17.2. The highest BCUT2D eigenvalue weighted by Gasteiger charge is 2.00. The van der Waals surface area contributed by atoms with Crippen LogP contribution in [0.25, 0.3) is 0 Å². The first-order chi connectivity index (χ1) is 10.7. The first kappa shape index (κ1) is 31.4. The maximum absolute atomic E-state index is 10.1. The molecule has 0 amide bonds. The summed E-state index contributed by atoms with van der Waals surface area (Å²) in [6.45, 7) is 12.3. The van der Waals surface area contributed by atoms with Crippen molar-refractivity contribution in [2.75, 3.05) is 41.3 Å². The van der Waals surface area contributed by atoms with E-state index in [0.717, 1.165) is 12.8 Å². The van der Waals surface area contributed by atoms with Crippen molar-refractivity contribution >= 4 is 23.0 Å². The lowest BCUT2D eigenvalue weighted by atomic mass is 10.1. The number of carbonyl (C=O) groups is 1. The Morgan fingerprint density at radius 2 is 1.17 bits per heavy atom. The molecule has 0 aromatic rings. The second kappa shape index (κ2) is 24.9. The predicted octanol–water partition coefficient (Wildman–Crippen LogP) is 5.09. The molecule has 5 heteroatoms. The molecule has 0 radical (unpaired) electrons. The van der Waals surface area contributed by atoms with Crippen LogP contribution in [0.1, 0.15) is 65.7 Å². The van der Waals surface area contributed by atoms with E-state index in [1.807, 2.05) is 6.92 Å². The zero-order chi connectivity index (χ0) is 18.7. The Morgan fingerprint density at radius 1 is 0.833 bits per heavy atom. The molecular formula is C19H43BrN2O2. The minimum absolute atomic E-state index is 0. The summed E-state index contributed by atoms with van der Waals surface area (Å²) in [4.78, 5) is 14.5. The summed E-state index contributed by atoms with van der Waals surface area (Å²) in [6, 6.07) is 0. The van der Waals surface area contributed by atoms with E-state index in [-0.39, 0.29) is 17.0 Å². The molecule has 0 atom stereocenters. The minimum atomic E-state index is -0.872. The molecule has 0 unspecified atom stereocenters. The molecule has 0 fully saturated rings. The van der Waals surface area contributed by atoms with Gasteiger partial charge in [-0.25, -0.2) is 4.79 Å². The first-order valence-electron chi connectivity index (χ1n) is 8.93. The Morgan fingerprint density at radius 3 is 1.33 bits per heavy atom. The van der Waals surface area contributed by atoms with Crippen molar-refractivity contribution in [1.82, 2.24) is 9.80 Å². The molecule has 0 aliphatic carbocycles. The number of carboxylic acid groups (broad SMARTS) is 1. The minimum Gasteiger partial charge on any atom is -0.478 e. The normalized spacial score (nSPS) is 9.38. The topological polar surface area (TPSA) is 43.8 Å². The Hall–Kier alpha value is -0.390. The van der Waals surface area contributed by atoms with E-state index in [2.05, 4.69) is 58.4 Å². The molecule has 24 heavy (non-hydrogen) atoms. The van der Waals surface area contributed by atoms with Gasteiger partial charge in [-0.1, -0.05) is 46.6 Å². The van der Waals surface area contributed by atoms with Gasteiger partial charge in [-0.15, -0.1) is 17.0 Å². The lowest BCUT2D eigenvalue weighted by Gasteiger charge is -2.05. The molecule has 0 spiro atoms. The van der Waals surface area contributed by atoms with E-state index in [1.165, 1.54) is 38.8 Å². The third-order valence-corrected chi connectivity index (χ3v) is 3.05. The van der Waals surface area contributed by atoms with Crippen LogP contribution in [0, 0.1) is 0 Å². The van der Waals surface area contributed by atoms with E-state index < -0.39 is 5.97 Å². The van der Waals surface area contributed by atoms with E-state index in [1.54, 1.807) is 0 Å². The summed E-state index contributed by atoms with van der Waals surface area (Å²) in [6.07, 6.45) is 7.82. The molecule has 4 nitrogen and oxygen atoms in total. The fourth-order valence-electron chi connectivity index (χ4n) is 1.45. The molecule has 0 saturated carbocycles. The molecule has 0 bridgehead atoms. The second-order valence-corrected chi connectivity index (χ2v) is 6.33.